The van der Waals surface area contributed by atoms with Crippen LogP contribution in [0, 0.1) is 11.8 Å². The second kappa shape index (κ2) is 11.0. The van der Waals surface area contributed by atoms with E-state index in [2.05, 4.69) is 16.7 Å². The number of hydrogen-bond acceptors (Lipinski definition) is 4. The van der Waals surface area contributed by atoms with Crippen LogP contribution in [0.15, 0.2) is 0 Å². The van der Waals surface area contributed by atoms with Crippen LogP contribution in [-0.2, 0) is 14.2 Å². The van der Waals surface area contributed by atoms with Gasteiger partial charge in [0.1, 0.15) is 13.2 Å². The van der Waals surface area contributed by atoms with Crippen molar-refractivity contribution >= 4 is 0 Å². The highest BCUT2D eigenvalue weighted by Gasteiger charge is 2.09. The van der Waals surface area contributed by atoms with Gasteiger partial charge in [0, 0.05) is 6.54 Å². The Balaban J connectivity index is 1.83. The van der Waals surface area contributed by atoms with Crippen molar-refractivity contribution in [3.63, 3.8) is 0 Å². The first kappa shape index (κ1) is 18.4. The maximum absolute atomic E-state index is 5.57. The van der Waals surface area contributed by atoms with E-state index in [-0.39, 0.29) is 5.60 Å². The molecule has 1 heterocycles. The molecule has 4 heteroatoms. The summed E-state index contributed by atoms with van der Waals surface area (Å²) in [4.78, 5) is 2.48. The maximum Gasteiger partial charge on any atom is 0.108 e. The van der Waals surface area contributed by atoms with Gasteiger partial charge >= 0.3 is 0 Å². The molecule has 0 saturated carbocycles. The van der Waals surface area contributed by atoms with Crippen LogP contribution >= 0.6 is 0 Å². The molecule has 0 atom stereocenters. The van der Waals surface area contributed by atoms with E-state index < -0.39 is 0 Å². The SMILES string of the molecule is CC(C)(C)OCC#CCOCCOCCN1CCCCC1. The van der Waals surface area contributed by atoms with Gasteiger partial charge in [0.05, 0.1) is 25.4 Å². The summed E-state index contributed by atoms with van der Waals surface area (Å²) in [6, 6.07) is 0. The van der Waals surface area contributed by atoms with Crippen molar-refractivity contribution in [2.24, 2.45) is 0 Å². The molecule has 4 nitrogen and oxygen atoms in total. The van der Waals surface area contributed by atoms with Crippen LogP contribution < -0.4 is 0 Å². The number of hydrogen-bond donors (Lipinski definition) is 0. The molecule has 0 bridgehead atoms. The number of ether oxygens (including phenoxy) is 3. The van der Waals surface area contributed by atoms with Crippen LogP contribution in [0.2, 0.25) is 0 Å². The van der Waals surface area contributed by atoms with Crippen LogP contribution in [0.3, 0.4) is 0 Å². The first-order chi connectivity index (χ1) is 10.1. The summed E-state index contributed by atoms with van der Waals surface area (Å²) in [7, 11) is 0. The third kappa shape index (κ3) is 11.7. The van der Waals surface area contributed by atoms with Crippen molar-refractivity contribution in [3.05, 3.63) is 0 Å². The van der Waals surface area contributed by atoms with E-state index in [1.165, 1.54) is 32.4 Å². The van der Waals surface area contributed by atoms with Gasteiger partial charge < -0.3 is 19.1 Å². The highest BCUT2D eigenvalue weighted by atomic mass is 16.5. The van der Waals surface area contributed by atoms with Gasteiger partial charge in [0.25, 0.3) is 0 Å². The molecule has 0 spiro atoms. The minimum absolute atomic E-state index is 0.127. The molecular weight excluding hydrogens is 266 g/mol. The Morgan fingerprint density at radius 1 is 0.857 bits per heavy atom. The molecule has 0 unspecified atom stereocenters. The molecule has 0 aliphatic carbocycles. The van der Waals surface area contributed by atoms with Gasteiger partial charge in [-0.1, -0.05) is 18.3 Å². The number of piperidine rings is 1. The van der Waals surface area contributed by atoms with Gasteiger partial charge in [0.2, 0.25) is 0 Å². The molecule has 0 aromatic rings. The molecule has 1 fully saturated rings. The Bertz CT molecular complexity index is 308. The molecule has 0 aromatic carbocycles. The zero-order valence-electron chi connectivity index (χ0n) is 14.0. The molecular formula is C17H31NO3. The molecule has 0 N–H and O–H groups in total. The Hall–Kier alpha value is -0.600. The summed E-state index contributed by atoms with van der Waals surface area (Å²) in [5.41, 5.74) is -0.127. The topological polar surface area (TPSA) is 30.9 Å². The average Bonchev–Trinajstić information content (AvgIpc) is 2.44. The Morgan fingerprint density at radius 2 is 1.52 bits per heavy atom. The lowest BCUT2D eigenvalue weighted by Crippen LogP contribution is -2.32. The Labute approximate surface area is 130 Å². The summed E-state index contributed by atoms with van der Waals surface area (Å²) in [5, 5.41) is 0. The molecule has 1 saturated heterocycles. The molecule has 1 rings (SSSR count). The fourth-order valence-corrected chi connectivity index (χ4v) is 2.07. The second-order valence-electron chi connectivity index (χ2n) is 6.32. The van der Waals surface area contributed by atoms with E-state index >= 15 is 0 Å². The lowest BCUT2D eigenvalue weighted by molar-refractivity contribution is 0.0179. The predicted molar refractivity (Wildman–Crippen MR) is 85.4 cm³/mol. The largest absolute Gasteiger partial charge is 0.378 e. The van der Waals surface area contributed by atoms with E-state index in [0.717, 1.165) is 13.2 Å². The van der Waals surface area contributed by atoms with Crippen LogP contribution in [-0.4, -0.2) is 63.2 Å². The second-order valence-corrected chi connectivity index (χ2v) is 6.32. The lowest BCUT2D eigenvalue weighted by atomic mass is 10.1. The summed E-state index contributed by atoms with van der Waals surface area (Å²) in [5.74, 6) is 5.88. The van der Waals surface area contributed by atoms with Crippen LogP contribution in [0.5, 0.6) is 0 Å². The molecule has 21 heavy (non-hydrogen) atoms. The average molecular weight is 297 g/mol. The van der Waals surface area contributed by atoms with Gasteiger partial charge in [0.15, 0.2) is 0 Å². The van der Waals surface area contributed by atoms with Crippen molar-refractivity contribution in [2.45, 2.75) is 45.6 Å². The molecule has 1 aliphatic heterocycles. The lowest BCUT2D eigenvalue weighted by Gasteiger charge is -2.26. The van der Waals surface area contributed by atoms with E-state index in [4.69, 9.17) is 14.2 Å². The van der Waals surface area contributed by atoms with E-state index in [1.54, 1.807) is 0 Å². The molecule has 0 aromatic heterocycles. The van der Waals surface area contributed by atoms with Crippen LogP contribution in [0.4, 0.5) is 0 Å². The zero-order valence-corrected chi connectivity index (χ0v) is 14.0. The quantitative estimate of drug-likeness (QED) is 0.508. The minimum atomic E-state index is -0.127. The van der Waals surface area contributed by atoms with Crippen LogP contribution in [0.1, 0.15) is 40.0 Å². The van der Waals surface area contributed by atoms with Crippen molar-refractivity contribution in [3.8, 4) is 11.8 Å². The van der Waals surface area contributed by atoms with Gasteiger partial charge in [-0.05, 0) is 46.7 Å². The number of nitrogens with zero attached hydrogens (tertiary/aromatic N) is 1. The highest BCUT2D eigenvalue weighted by molar-refractivity contribution is 4.99. The summed E-state index contributed by atoms with van der Waals surface area (Å²) >= 11 is 0. The van der Waals surface area contributed by atoms with Crippen molar-refractivity contribution < 1.29 is 14.2 Å². The third-order valence-corrected chi connectivity index (χ3v) is 3.25. The first-order valence-corrected chi connectivity index (χ1v) is 8.05. The normalized spacial score (nSPS) is 16.5. The standard InChI is InChI=1S/C17H31NO3/c1-17(2,3)21-13-8-7-12-19-15-16-20-14-11-18-9-5-4-6-10-18/h4-6,9-16H2,1-3H3. The number of likely N-dealkylation sites (tertiary alicyclic amines) is 1. The predicted octanol–water partition coefficient (Wildman–Crippen LogP) is 2.32. The third-order valence-electron chi connectivity index (χ3n) is 3.25. The zero-order chi connectivity index (χ0) is 15.4. The molecule has 1 aliphatic rings. The van der Waals surface area contributed by atoms with Gasteiger partial charge in [-0.15, -0.1) is 0 Å². The monoisotopic (exact) mass is 297 g/mol. The fraction of sp³-hybridized carbons (Fsp3) is 0.882. The van der Waals surface area contributed by atoms with Crippen molar-refractivity contribution in [1.29, 1.82) is 0 Å². The van der Waals surface area contributed by atoms with E-state index in [9.17, 15) is 0 Å². The molecule has 122 valence electrons. The molecule has 0 amide bonds. The van der Waals surface area contributed by atoms with E-state index in [1.807, 2.05) is 20.8 Å². The highest BCUT2D eigenvalue weighted by Crippen LogP contribution is 2.07. The maximum atomic E-state index is 5.57. The van der Waals surface area contributed by atoms with Crippen molar-refractivity contribution in [1.82, 2.24) is 4.90 Å². The Morgan fingerprint density at radius 3 is 2.24 bits per heavy atom. The summed E-state index contributed by atoms with van der Waals surface area (Å²) < 4.78 is 16.4. The summed E-state index contributed by atoms with van der Waals surface area (Å²) in [6.07, 6.45) is 4.05. The first-order valence-electron chi connectivity index (χ1n) is 8.05. The van der Waals surface area contributed by atoms with Gasteiger partial charge in [-0.2, -0.15) is 0 Å². The number of rotatable bonds is 8. The van der Waals surface area contributed by atoms with E-state index in [0.29, 0.717) is 26.4 Å². The van der Waals surface area contributed by atoms with Crippen LogP contribution in [0.25, 0.3) is 0 Å². The minimum Gasteiger partial charge on any atom is -0.378 e. The molecule has 0 radical (unpaired) electrons. The van der Waals surface area contributed by atoms with Gasteiger partial charge in [-0.3, -0.25) is 0 Å². The Kier molecular flexibility index (Phi) is 9.69. The smallest absolute Gasteiger partial charge is 0.108 e. The summed E-state index contributed by atoms with van der Waals surface area (Å²) in [6.45, 7) is 12.5. The van der Waals surface area contributed by atoms with Gasteiger partial charge in [-0.25, -0.2) is 0 Å². The van der Waals surface area contributed by atoms with Crippen molar-refractivity contribution in [2.75, 3.05) is 52.7 Å². The fourth-order valence-electron chi connectivity index (χ4n) is 2.07.